The van der Waals surface area contributed by atoms with Crippen LogP contribution in [0.25, 0.3) is 6.08 Å². The molecule has 0 radical (unpaired) electrons. The van der Waals surface area contributed by atoms with Crippen LogP contribution in [0.1, 0.15) is 16.7 Å². The predicted octanol–water partition coefficient (Wildman–Crippen LogP) is 3.22. The minimum absolute atomic E-state index is 0.243. The van der Waals surface area contributed by atoms with Gasteiger partial charge in [-0.3, -0.25) is 4.79 Å². The molecule has 1 amide bonds. The second-order valence-electron chi connectivity index (χ2n) is 5.58. The molecule has 0 aliphatic heterocycles. The maximum absolute atomic E-state index is 13.5. The van der Waals surface area contributed by atoms with Crippen molar-refractivity contribution in [3.8, 4) is 0 Å². The summed E-state index contributed by atoms with van der Waals surface area (Å²) in [5, 5.41) is 2.84. The van der Waals surface area contributed by atoms with Crippen LogP contribution < -0.4 is 5.32 Å². The number of nitrogens with one attached hydrogen (secondary N) is 1. The average molecular weight is 312 g/mol. The fourth-order valence-corrected chi connectivity index (χ4v) is 2.24. The quantitative estimate of drug-likeness (QED) is 0.831. The van der Waals surface area contributed by atoms with Gasteiger partial charge in [0.2, 0.25) is 5.91 Å². The van der Waals surface area contributed by atoms with Crippen LogP contribution in [0.5, 0.6) is 0 Å². The number of benzene rings is 2. The largest absolute Gasteiger partial charge is 0.348 e. The van der Waals surface area contributed by atoms with Gasteiger partial charge in [0.25, 0.3) is 0 Å². The van der Waals surface area contributed by atoms with E-state index in [0.29, 0.717) is 12.1 Å². The van der Waals surface area contributed by atoms with Crippen molar-refractivity contribution in [3.63, 3.8) is 0 Å². The Morgan fingerprint density at radius 2 is 1.74 bits per heavy atom. The molecule has 2 aromatic rings. The van der Waals surface area contributed by atoms with Crippen LogP contribution in [0.2, 0.25) is 0 Å². The Kier molecular flexibility index (Phi) is 6.06. The van der Waals surface area contributed by atoms with Crippen molar-refractivity contribution in [2.45, 2.75) is 13.1 Å². The van der Waals surface area contributed by atoms with Crippen molar-refractivity contribution in [1.29, 1.82) is 0 Å². The van der Waals surface area contributed by atoms with Gasteiger partial charge >= 0.3 is 0 Å². The van der Waals surface area contributed by atoms with E-state index < -0.39 is 0 Å². The molecular formula is C19H21FN2O. The van der Waals surface area contributed by atoms with E-state index in [9.17, 15) is 9.18 Å². The Balaban J connectivity index is 1.96. The fourth-order valence-electron chi connectivity index (χ4n) is 2.24. The number of carbonyl (C=O) groups excluding carboxylic acids is 1. The molecule has 0 saturated carbocycles. The Morgan fingerprint density at radius 3 is 2.43 bits per heavy atom. The monoisotopic (exact) mass is 312 g/mol. The number of halogens is 1. The van der Waals surface area contributed by atoms with Gasteiger partial charge in [0.05, 0.1) is 0 Å². The van der Waals surface area contributed by atoms with Crippen LogP contribution in [-0.2, 0) is 17.9 Å². The van der Waals surface area contributed by atoms with Gasteiger partial charge in [-0.1, -0.05) is 42.5 Å². The van der Waals surface area contributed by atoms with Gasteiger partial charge in [-0.05, 0) is 37.4 Å². The number of hydrogen-bond donors (Lipinski definition) is 1. The Morgan fingerprint density at radius 1 is 1.09 bits per heavy atom. The number of carbonyl (C=O) groups is 1. The molecule has 0 aliphatic carbocycles. The van der Waals surface area contributed by atoms with Gasteiger partial charge in [0.1, 0.15) is 5.82 Å². The van der Waals surface area contributed by atoms with Gasteiger partial charge in [0.15, 0.2) is 0 Å². The van der Waals surface area contributed by atoms with Crippen molar-refractivity contribution in [3.05, 3.63) is 77.1 Å². The maximum Gasteiger partial charge on any atom is 0.244 e. The molecule has 0 bridgehead atoms. The third-order valence-corrected chi connectivity index (χ3v) is 3.38. The van der Waals surface area contributed by atoms with Crippen LogP contribution in [0, 0.1) is 5.82 Å². The minimum atomic E-state index is -0.340. The second kappa shape index (κ2) is 8.25. The summed E-state index contributed by atoms with van der Waals surface area (Å²) in [6, 6.07) is 14.3. The molecule has 1 N–H and O–H groups in total. The van der Waals surface area contributed by atoms with Crippen molar-refractivity contribution in [2.24, 2.45) is 0 Å². The number of hydrogen-bond acceptors (Lipinski definition) is 2. The molecule has 0 fully saturated rings. The lowest BCUT2D eigenvalue weighted by atomic mass is 10.1. The van der Waals surface area contributed by atoms with Crippen LogP contribution in [0.15, 0.2) is 54.6 Å². The molecule has 23 heavy (non-hydrogen) atoms. The van der Waals surface area contributed by atoms with E-state index in [-0.39, 0.29) is 11.7 Å². The standard InChI is InChI=1S/C19H21FN2O/c1-22(2)14-17-9-4-3-8-16(17)13-21-19(23)12-11-15-7-5-6-10-18(15)20/h3-12H,13-14H2,1-2H3,(H,21,23)/b12-11+. The molecule has 3 nitrogen and oxygen atoms in total. The highest BCUT2D eigenvalue weighted by atomic mass is 19.1. The molecule has 0 unspecified atom stereocenters. The normalized spacial score (nSPS) is 11.1. The smallest absolute Gasteiger partial charge is 0.244 e. The predicted molar refractivity (Wildman–Crippen MR) is 91.1 cm³/mol. The van der Waals surface area contributed by atoms with E-state index in [0.717, 1.165) is 12.1 Å². The average Bonchev–Trinajstić information content (AvgIpc) is 2.53. The van der Waals surface area contributed by atoms with Crippen molar-refractivity contribution in [2.75, 3.05) is 14.1 Å². The molecule has 2 rings (SSSR count). The first kappa shape index (κ1) is 16.9. The number of amides is 1. The maximum atomic E-state index is 13.5. The summed E-state index contributed by atoms with van der Waals surface area (Å²) >= 11 is 0. The lowest BCUT2D eigenvalue weighted by Gasteiger charge is -2.14. The lowest BCUT2D eigenvalue weighted by Crippen LogP contribution is -2.22. The Labute approximate surface area is 136 Å². The third kappa shape index (κ3) is 5.34. The molecule has 2 aromatic carbocycles. The number of nitrogens with zero attached hydrogens (tertiary/aromatic N) is 1. The SMILES string of the molecule is CN(C)Cc1ccccc1CNC(=O)/C=C/c1ccccc1F. The topological polar surface area (TPSA) is 32.3 Å². The zero-order chi connectivity index (χ0) is 16.7. The molecule has 0 aliphatic rings. The molecule has 0 aromatic heterocycles. The van der Waals surface area contributed by atoms with Gasteiger partial charge < -0.3 is 10.2 Å². The molecule has 0 saturated heterocycles. The highest BCUT2D eigenvalue weighted by molar-refractivity contribution is 5.91. The van der Waals surface area contributed by atoms with Crippen LogP contribution in [-0.4, -0.2) is 24.9 Å². The van der Waals surface area contributed by atoms with E-state index in [2.05, 4.69) is 16.3 Å². The zero-order valence-electron chi connectivity index (χ0n) is 13.4. The molecule has 0 heterocycles. The minimum Gasteiger partial charge on any atom is -0.348 e. The van der Waals surface area contributed by atoms with E-state index in [1.54, 1.807) is 18.2 Å². The van der Waals surface area contributed by atoms with Crippen molar-refractivity contribution >= 4 is 12.0 Å². The van der Waals surface area contributed by atoms with Crippen LogP contribution in [0.4, 0.5) is 4.39 Å². The van der Waals surface area contributed by atoms with E-state index >= 15 is 0 Å². The lowest BCUT2D eigenvalue weighted by molar-refractivity contribution is -0.116. The summed E-state index contributed by atoms with van der Waals surface area (Å²) < 4.78 is 13.5. The van der Waals surface area contributed by atoms with Gasteiger partial charge in [-0.25, -0.2) is 4.39 Å². The summed E-state index contributed by atoms with van der Waals surface area (Å²) in [5.74, 6) is -0.583. The summed E-state index contributed by atoms with van der Waals surface area (Å²) in [5.41, 5.74) is 2.65. The highest BCUT2D eigenvalue weighted by Crippen LogP contribution is 2.11. The molecule has 0 spiro atoms. The summed E-state index contributed by atoms with van der Waals surface area (Å²) in [6.07, 6.45) is 2.84. The van der Waals surface area contributed by atoms with Crippen molar-refractivity contribution < 1.29 is 9.18 Å². The summed E-state index contributed by atoms with van der Waals surface area (Å²) in [6.45, 7) is 1.27. The van der Waals surface area contributed by atoms with Crippen LogP contribution >= 0.6 is 0 Å². The molecule has 0 atom stereocenters. The number of rotatable bonds is 6. The second-order valence-corrected chi connectivity index (χ2v) is 5.58. The highest BCUT2D eigenvalue weighted by Gasteiger charge is 2.04. The van der Waals surface area contributed by atoms with E-state index in [4.69, 9.17) is 0 Å². The third-order valence-electron chi connectivity index (χ3n) is 3.38. The van der Waals surface area contributed by atoms with Gasteiger partial charge in [0, 0.05) is 24.7 Å². The molecular weight excluding hydrogens is 291 g/mol. The van der Waals surface area contributed by atoms with E-state index in [1.807, 2.05) is 32.3 Å². The first-order chi connectivity index (χ1) is 11.1. The zero-order valence-corrected chi connectivity index (χ0v) is 13.4. The van der Waals surface area contributed by atoms with E-state index in [1.165, 1.54) is 23.8 Å². The van der Waals surface area contributed by atoms with Crippen molar-refractivity contribution in [1.82, 2.24) is 10.2 Å². The van der Waals surface area contributed by atoms with Gasteiger partial charge in [-0.15, -0.1) is 0 Å². The first-order valence-corrected chi connectivity index (χ1v) is 7.48. The van der Waals surface area contributed by atoms with Gasteiger partial charge in [-0.2, -0.15) is 0 Å². The summed E-state index contributed by atoms with van der Waals surface area (Å²) in [7, 11) is 4.01. The Bertz CT molecular complexity index is 695. The summed E-state index contributed by atoms with van der Waals surface area (Å²) in [4.78, 5) is 14.0. The first-order valence-electron chi connectivity index (χ1n) is 7.48. The molecule has 120 valence electrons. The van der Waals surface area contributed by atoms with Crippen LogP contribution in [0.3, 0.4) is 0 Å². The molecule has 4 heteroatoms. The fraction of sp³-hybridized carbons (Fsp3) is 0.211. The Hall–Kier alpha value is -2.46.